The number of amides is 1. The summed E-state index contributed by atoms with van der Waals surface area (Å²) in [4.78, 5) is 41.7. The average molecular weight is 438 g/mol. The molecule has 1 aromatic carbocycles. The number of thiophene rings is 1. The summed E-state index contributed by atoms with van der Waals surface area (Å²) in [5.74, 6) is -0.158. The zero-order valence-electron chi connectivity index (χ0n) is 18.0. The van der Waals surface area contributed by atoms with E-state index < -0.39 is 5.69 Å². The largest absolute Gasteiger partial charge is 0.352 e. The summed E-state index contributed by atoms with van der Waals surface area (Å²) in [5.41, 5.74) is 3.03. The number of aryl methyl sites for hydroxylation is 4. The van der Waals surface area contributed by atoms with Gasteiger partial charge in [0.1, 0.15) is 11.4 Å². The molecule has 0 saturated heterocycles. The monoisotopic (exact) mass is 437 g/mol. The minimum absolute atomic E-state index is 0.0592. The fraction of sp³-hybridized carbons (Fsp3) is 0.458. The predicted octanol–water partition coefficient (Wildman–Crippen LogP) is 3.38. The number of benzene rings is 1. The van der Waals surface area contributed by atoms with Crippen molar-refractivity contribution >= 4 is 27.5 Å². The number of nitrogens with one attached hydrogen (secondary N) is 1. The highest BCUT2D eigenvalue weighted by Gasteiger charge is 2.26. The van der Waals surface area contributed by atoms with E-state index in [0.717, 1.165) is 61.6 Å². The number of aromatic nitrogens is 2. The minimum Gasteiger partial charge on any atom is -0.352 e. The topological polar surface area (TPSA) is 73.1 Å². The van der Waals surface area contributed by atoms with Crippen molar-refractivity contribution in [1.29, 1.82) is 0 Å². The van der Waals surface area contributed by atoms with Gasteiger partial charge in [-0.25, -0.2) is 9.36 Å². The first-order chi connectivity index (χ1) is 14.9. The van der Waals surface area contributed by atoms with Crippen molar-refractivity contribution in [3.8, 4) is 5.69 Å². The van der Waals surface area contributed by atoms with Crippen molar-refractivity contribution in [2.24, 2.45) is 0 Å². The normalized spacial score (nSPS) is 16.2. The molecule has 2 aromatic heterocycles. The Morgan fingerprint density at radius 1 is 1.10 bits per heavy atom. The molecule has 2 heterocycles. The number of nitrogens with zero attached hydrogens (tertiary/aromatic N) is 2. The van der Waals surface area contributed by atoms with Crippen LogP contribution in [0.5, 0.6) is 0 Å². The Kier molecular flexibility index (Phi) is 5.08. The molecule has 0 unspecified atom stereocenters. The smallest absolute Gasteiger partial charge is 0.337 e. The van der Waals surface area contributed by atoms with Crippen LogP contribution >= 0.6 is 11.3 Å². The molecule has 0 radical (unpaired) electrons. The van der Waals surface area contributed by atoms with E-state index in [0.29, 0.717) is 15.9 Å². The zero-order valence-corrected chi connectivity index (χ0v) is 18.8. The molecule has 2 aliphatic rings. The maximum Gasteiger partial charge on any atom is 0.337 e. The van der Waals surface area contributed by atoms with Gasteiger partial charge in [0, 0.05) is 10.9 Å². The summed E-state index contributed by atoms with van der Waals surface area (Å²) < 4.78 is 2.77. The number of rotatable bonds is 4. The highest BCUT2D eigenvalue weighted by molar-refractivity contribution is 7.19. The van der Waals surface area contributed by atoms with Crippen LogP contribution in [0.1, 0.15) is 53.7 Å². The quantitative estimate of drug-likeness (QED) is 0.680. The Hall–Kier alpha value is -2.67. The number of hydrogen-bond acceptors (Lipinski definition) is 4. The van der Waals surface area contributed by atoms with Gasteiger partial charge in [0.25, 0.3) is 5.56 Å². The van der Waals surface area contributed by atoms with E-state index in [1.807, 2.05) is 32.0 Å². The Morgan fingerprint density at radius 3 is 2.61 bits per heavy atom. The van der Waals surface area contributed by atoms with Crippen LogP contribution in [0.2, 0.25) is 0 Å². The first kappa shape index (κ1) is 20.2. The summed E-state index contributed by atoms with van der Waals surface area (Å²) in [5, 5.41) is 3.69. The third-order valence-electron chi connectivity index (χ3n) is 6.76. The fourth-order valence-corrected chi connectivity index (χ4v) is 6.30. The van der Waals surface area contributed by atoms with E-state index in [-0.39, 0.29) is 24.1 Å². The Bertz CT molecular complexity index is 1310. The van der Waals surface area contributed by atoms with Crippen molar-refractivity contribution in [2.75, 3.05) is 0 Å². The molecule has 0 spiro atoms. The Balaban J connectivity index is 1.68. The Labute approximate surface area is 184 Å². The van der Waals surface area contributed by atoms with Gasteiger partial charge < -0.3 is 5.32 Å². The van der Waals surface area contributed by atoms with Gasteiger partial charge in [-0.1, -0.05) is 18.9 Å². The lowest BCUT2D eigenvalue weighted by molar-refractivity contribution is -0.122. The molecule has 6 nitrogen and oxygen atoms in total. The van der Waals surface area contributed by atoms with Gasteiger partial charge in [0.15, 0.2) is 0 Å². The average Bonchev–Trinajstić information content (AvgIpc) is 3.45. The molecular weight excluding hydrogens is 410 g/mol. The van der Waals surface area contributed by atoms with E-state index in [2.05, 4.69) is 5.32 Å². The van der Waals surface area contributed by atoms with Gasteiger partial charge in [-0.3, -0.25) is 14.2 Å². The number of hydrogen-bond donors (Lipinski definition) is 1. The summed E-state index contributed by atoms with van der Waals surface area (Å²) in [7, 11) is 0. The second-order valence-corrected chi connectivity index (χ2v) is 9.95. The van der Waals surface area contributed by atoms with Crippen LogP contribution in [0.25, 0.3) is 15.9 Å². The maximum atomic E-state index is 13.6. The van der Waals surface area contributed by atoms with Gasteiger partial charge in [-0.05, 0) is 74.8 Å². The molecule has 0 aliphatic heterocycles. The standard InChI is InChI=1S/C24H27N3O3S/c1-14-10-11-17(12-15(14)2)27-22(29)21-18-8-5-9-19(18)31-23(21)26(24(27)30)13-20(28)25-16-6-3-4-7-16/h10-12,16H,3-9,13H2,1-2H3,(H,25,28). The Morgan fingerprint density at radius 2 is 1.87 bits per heavy atom. The van der Waals surface area contributed by atoms with Crippen molar-refractivity contribution in [3.05, 3.63) is 60.6 Å². The second kappa shape index (κ2) is 7.79. The molecule has 162 valence electrons. The number of fused-ring (bicyclic) bond motifs is 3. The molecule has 5 rings (SSSR count). The van der Waals surface area contributed by atoms with Crippen molar-refractivity contribution in [3.63, 3.8) is 0 Å². The number of carbonyl (C=O) groups is 1. The van der Waals surface area contributed by atoms with Crippen LogP contribution in [0.4, 0.5) is 0 Å². The van der Waals surface area contributed by atoms with Gasteiger partial charge in [0.2, 0.25) is 5.91 Å². The van der Waals surface area contributed by atoms with Crippen LogP contribution in [0.15, 0.2) is 27.8 Å². The van der Waals surface area contributed by atoms with Gasteiger partial charge in [-0.15, -0.1) is 11.3 Å². The lowest BCUT2D eigenvalue weighted by Crippen LogP contribution is -2.43. The van der Waals surface area contributed by atoms with Gasteiger partial charge >= 0.3 is 5.69 Å². The van der Waals surface area contributed by atoms with Crippen LogP contribution in [0.3, 0.4) is 0 Å². The molecule has 31 heavy (non-hydrogen) atoms. The third-order valence-corrected chi connectivity index (χ3v) is 8.07. The molecule has 1 N–H and O–H groups in total. The van der Waals surface area contributed by atoms with Crippen molar-refractivity contribution < 1.29 is 4.79 Å². The van der Waals surface area contributed by atoms with E-state index >= 15 is 0 Å². The van der Waals surface area contributed by atoms with Crippen molar-refractivity contribution in [2.45, 2.75) is 71.4 Å². The molecule has 0 atom stereocenters. The van der Waals surface area contributed by atoms with E-state index in [9.17, 15) is 14.4 Å². The molecule has 1 fully saturated rings. The van der Waals surface area contributed by atoms with Crippen molar-refractivity contribution in [1.82, 2.24) is 14.5 Å². The minimum atomic E-state index is -0.442. The molecule has 7 heteroatoms. The molecule has 0 bridgehead atoms. The maximum absolute atomic E-state index is 13.6. The van der Waals surface area contributed by atoms with Gasteiger partial charge in [0.05, 0.1) is 11.1 Å². The van der Waals surface area contributed by atoms with E-state index in [4.69, 9.17) is 0 Å². The predicted molar refractivity (Wildman–Crippen MR) is 124 cm³/mol. The summed E-state index contributed by atoms with van der Waals surface area (Å²) in [6, 6.07) is 5.81. The number of carbonyl (C=O) groups excluding carboxylic acids is 1. The SMILES string of the molecule is Cc1ccc(-n2c(=O)c3c4c(sc3n(CC(=O)NC3CCCC3)c2=O)CCC4)cc1C. The summed E-state index contributed by atoms with van der Waals surface area (Å²) in [6.07, 6.45) is 7.05. The summed E-state index contributed by atoms with van der Waals surface area (Å²) >= 11 is 1.51. The van der Waals surface area contributed by atoms with Crippen LogP contribution < -0.4 is 16.6 Å². The molecular formula is C24H27N3O3S. The molecule has 2 aliphatic carbocycles. The highest BCUT2D eigenvalue weighted by atomic mass is 32.1. The fourth-order valence-electron chi connectivity index (χ4n) is 4.93. The second-order valence-electron chi connectivity index (χ2n) is 8.86. The first-order valence-electron chi connectivity index (χ1n) is 11.1. The lowest BCUT2D eigenvalue weighted by Gasteiger charge is -2.15. The van der Waals surface area contributed by atoms with E-state index in [1.165, 1.54) is 25.3 Å². The lowest BCUT2D eigenvalue weighted by atomic mass is 10.1. The molecule has 3 aromatic rings. The summed E-state index contributed by atoms with van der Waals surface area (Å²) in [6.45, 7) is 3.91. The van der Waals surface area contributed by atoms with Gasteiger partial charge in [-0.2, -0.15) is 0 Å². The third kappa shape index (κ3) is 3.45. The van der Waals surface area contributed by atoms with Crippen LogP contribution in [0, 0.1) is 13.8 Å². The zero-order chi connectivity index (χ0) is 21.7. The van der Waals surface area contributed by atoms with Crippen LogP contribution in [-0.4, -0.2) is 21.1 Å². The van der Waals surface area contributed by atoms with Crippen LogP contribution in [-0.2, 0) is 24.2 Å². The highest BCUT2D eigenvalue weighted by Crippen LogP contribution is 2.35. The molecule has 1 amide bonds. The van der Waals surface area contributed by atoms with E-state index in [1.54, 1.807) is 0 Å². The molecule has 1 saturated carbocycles. The first-order valence-corrected chi connectivity index (χ1v) is 11.9.